The fourth-order valence-corrected chi connectivity index (χ4v) is 7.54. The number of hydrogen-bond acceptors (Lipinski definition) is 8. The lowest BCUT2D eigenvalue weighted by molar-refractivity contribution is -0.137. The van der Waals surface area contributed by atoms with E-state index in [1.165, 1.54) is 6.07 Å². The first kappa shape index (κ1) is 34.1. The molecule has 14 heteroatoms. The molecule has 1 aromatic heterocycles. The van der Waals surface area contributed by atoms with Gasteiger partial charge in [0.2, 0.25) is 5.95 Å². The van der Waals surface area contributed by atoms with E-state index in [2.05, 4.69) is 9.97 Å². The van der Waals surface area contributed by atoms with Crippen LogP contribution < -0.4 is 9.80 Å². The number of alkyl halides is 3. The van der Waals surface area contributed by atoms with Crippen molar-refractivity contribution in [1.29, 1.82) is 0 Å². The molecule has 2 saturated heterocycles. The first-order valence-electron chi connectivity index (χ1n) is 15.1. The smallest absolute Gasteiger partial charge is 0.416 e. The van der Waals surface area contributed by atoms with Crippen LogP contribution in [0.5, 0.6) is 0 Å². The SMILES string of the molecule is CCC[C@H]1C[C@@H](N(Cc2cc(Cl)cc(C(F)(F)F)c2)c2ncc(N3CCS(=O)(=O)CC3)cn2)C[C@@H](CC)N1C(=O)OC(C)C. The van der Waals surface area contributed by atoms with Crippen LogP contribution in [0.1, 0.15) is 70.9 Å². The molecule has 0 bridgehead atoms. The van der Waals surface area contributed by atoms with Crippen molar-refractivity contribution in [1.82, 2.24) is 14.9 Å². The summed E-state index contributed by atoms with van der Waals surface area (Å²) in [6.45, 7) is 8.41. The van der Waals surface area contributed by atoms with Crippen molar-refractivity contribution in [2.75, 3.05) is 34.4 Å². The Morgan fingerprint density at radius 2 is 1.73 bits per heavy atom. The number of amides is 1. The van der Waals surface area contributed by atoms with Gasteiger partial charge in [-0.15, -0.1) is 0 Å². The van der Waals surface area contributed by atoms with E-state index in [0.717, 1.165) is 25.0 Å². The van der Waals surface area contributed by atoms with Gasteiger partial charge in [-0.2, -0.15) is 13.2 Å². The van der Waals surface area contributed by atoms with Crippen molar-refractivity contribution >= 4 is 39.2 Å². The summed E-state index contributed by atoms with van der Waals surface area (Å²) < 4.78 is 70.4. The summed E-state index contributed by atoms with van der Waals surface area (Å²) in [5.41, 5.74) is 0.200. The Morgan fingerprint density at radius 3 is 2.30 bits per heavy atom. The van der Waals surface area contributed by atoms with E-state index in [1.807, 2.05) is 42.4 Å². The highest BCUT2D eigenvalue weighted by molar-refractivity contribution is 7.91. The number of halogens is 4. The summed E-state index contributed by atoms with van der Waals surface area (Å²) in [5, 5.41) is -0.0207. The lowest BCUT2D eigenvalue weighted by atomic mass is 9.87. The molecule has 0 unspecified atom stereocenters. The van der Waals surface area contributed by atoms with Crippen molar-refractivity contribution in [3.63, 3.8) is 0 Å². The van der Waals surface area contributed by atoms with E-state index < -0.39 is 21.6 Å². The molecule has 0 radical (unpaired) electrons. The Morgan fingerprint density at radius 1 is 1.09 bits per heavy atom. The molecule has 4 rings (SSSR count). The predicted molar refractivity (Wildman–Crippen MR) is 165 cm³/mol. The third kappa shape index (κ3) is 8.47. The van der Waals surface area contributed by atoms with Crippen LogP contribution in [0, 0.1) is 0 Å². The summed E-state index contributed by atoms with van der Waals surface area (Å²) in [5.74, 6) is 0.429. The van der Waals surface area contributed by atoms with Crippen LogP contribution in [0.2, 0.25) is 5.02 Å². The maximum atomic E-state index is 13.7. The zero-order valence-corrected chi connectivity index (χ0v) is 27.1. The fourth-order valence-electron chi connectivity index (χ4n) is 6.08. The molecule has 2 aliphatic heterocycles. The lowest BCUT2D eigenvalue weighted by Gasteiger charge is -2.47. The van der Waals surface area contributed by atoms with Crippen molar-refractivity contribution in [2.45, 2.75) is 96.7 Å². The highest BCUT2D eigenvalue weighted by atomic mass is 35.5. The van der Waals surface area contributed by atoms with E-state index in [4.69, 9.17) is 16.3 Å². The van der Waals surface area contributed by atoms with Gasteiger partial charge in [0.1, 0.15) is 0 Å². The molecule has 244 valence electrons. The van der Waals surface area contributed by atoms with Crippen molar-refractivity contribution in [3.8, 4) is 0 Å². The Labute approximate surface area is 262 Å². The zero-order chi connectivity index (χ0) is 32.2. The number of ether oxygens (including phenoxy) is 1. The quantitative estimate of drug-likeness (QED) is 0.308. The number of hydrogen-bond donors (Lipinski definition) is 0. The number of anilines is 2. The van der Waals surface area contributed by atoms with Gasteiger partial charge in [0.05, 0.1) is 41.3 Å². The molecule has 44 heavy (non-hydrogen) atoms. The van der Waals surface area contributed by atoms with E-state index in [1.54, 1.807) is 12.4 Å². The Kier molecular flexibility index (Phi) is 10.9. The fraction of sp³-hybridized carbons (Fsp3) is 0.633. The summed E-state index contributed by atoms with van der Waals surface area (Å²) in [6, 6.07) is 3.03. The standard InChI is InChI=1S/C30H41ClF3N5O4S/c1-5-7-25-16-26(15-24(6-2)39(25)29(40)43-20(3)4)38(19-21-12-22(30(32,33)34)14-23(31)13-21)28-35-17-27(18-36-28)37-8-10-44(41,42)11-9-37/h12-14,17-18,20,24-26H,5-11,15-16,19H2,1-4H3/t24-,25+,26+/m1/s1. The van der Waals surface area contributed by atoms with Gasteiger partial charge in [0.15, 0.2) is 9.84 Å². The highest BCUT2D eigenvalue weighted by Crippen LogP contribution is 2.36. The molecule has 0 spiro atoms. The number of likely N-dealkylation sites (tertiary alicyclic amines) is 1. The largest absolute Gasteiger partial charge is 0.447 e. The first-order valence-corrected chi connectivity index (χ1v) is 17.3. The molecular weight excluding hydrogens is 619 g/mol. The van der Waals surface area contributed by atoms with Crippen molar-refractivity contribution < 1.29 is 31.1 Å². The zero-order valence-electron chi connectivity index (χ0n) is 25.6. The number of sulfone groups is 1. The normalized spacial score (nSPS) is 22.2. The number of carbonyl (C=O) groups is 1. The number of rotatable bonds is 9. The maximum Gasteiger partial charge on any atom is 0.416 e. The van der Waals surface area contributed by atoms with E-state index >= 15 is 0 Å². The molecule has 0 aliphatic carbocycles. The molecular formula is C30H41ClF3N5O4S. The Balaban J connectivity index is 1.69. The van der Waals surface area contributed by atoms with Crippen LogP contribution in [0.3, 0.4) is 0 Å². The third-order valence-electron chi connectivity index (χ3n) is 8.19. The highest BCUT2D eigenvalue weighted by Gasteiger charge is 2.41. The Hall–Kier alpha value is -2.80. The summed E-state index contributed by atoms with van der Waals surface area (Å²) in [7, 11) is -3.07. The molecule has 0 N–H and O–H groups in total. The monoisotopic (exact) mass is 659 g/mol. The van der Waals surface area contributed by atoms with Crippen molar-refractivity contribution in [2.24, 2.45) is 0 Å². The summed E-state index contributed by atoms with van der Waals surface area (Å²) in [4.78, 5) is 28.1. The molecule has 3 heterocycles. The van der Waals surface area contributed by atoms with Crippen LogP contribution in [-0.4, -0.2) is 78.2 Å². The minimum Gasteiger partial charge on any atom is -0.447 e. The minimum absolute atomic E-state index is 0.0207. The third-order valence-corrected chi connectivity index (χ3v) is 10.0. The second kappa shape index (κ2) is 14.1. The number of piperidine rings is 1. The average Bonchev–Trinajstić information content (AvgIpc) is 2.94. The maximum absolute atomic E-state index is 13.7. The van der Waals surface area contributed by atoms with Crippen LogP contribution in [0.15, 0.2) is 30.6 Å². The van der Waals surface area contributed by atoms with Crippen molar-refractivity contribution in [3.05, 3.63) is 46.7 Å². The van der Waals surface area contributed by atoms with E-state index in [-0.39, 0.29) is 53.4 Å². The van der Waals surface area contributed by atoms with Crippen LogP contribution in [0.25, 0.3) is 0 Å². The number of nitrogens with zero attached hydrogens (tertiary/aromatic N) is 5. The number of benzene rings is 1. The van der Waals surface area contributed by atoms with E-state index in [0.29, 0.717) is 49.6 Å². The topological polar surface area (TPSA) is 95.9 Å². The van der Waals surface area contributed by atoms with Gasteiger partial charge in [0.25, 0.3) is 0 Å². The van der Waals surface area contributed by atoms with Gasteiger partial charge in [-0.1, -0.05) is 31.9 Å². The van der Waals surface area contributed by atoms with E-state index in [9.17, 15) is 26.4 Å². The second-order valence-corrected chi connectivity index (χ2v) is 14.6. The second-order valence-electron chi connectivity index (χ2n) is 11.8. The van der Waals surface area contributed by atoms with Gasteiger partial charge in [-0.25, -0.2) is 23.2 Å². The summed E-state index contributed by atoms with van der Waals surface area (Å²) in [6.07, 6.45) is 1.41. The van der Waals surface area contributed by atoms with Gasteiger partial charge in [-0.3, -0.25) is 0 Å². The van der Waals surface area contributed by atoms with Gasteiger partial charge < -0.3 is 19.4 Å². The number of carbonyl (C=O) groups excluding carboxylic acids is 1. The predicted octanol–water partition coefficient (Wildman–Crippen LogP) is 6.35. The van der Waals surface area contributed by atoms with Crippen LogP contribution >= 0.6 is 11.6 Å². The molecule has 9 nitrogen and oxygen atoms in total. The molecule has 2 fully saturated rings. The molecule has 2 aliphatic rings. The summed E-state index contributed by atoms with van der Waals surface area (Å²) >= 11 is 6.15. The van der Waals surface area contributed by atoms with Gasteiger partial charge in [0, 0.05) is 42.8 Å². The van der Waals surface area contributed by atoms with Crippen LogP contribution in [-0.2, 0) is 27.3 Å². The van der Waals surface area contributed by atoms with Gasteiger partial charge >= 0.3 is 12.3 Å². The molecule has 2 aromatic rings. The van der Waals surface area contributed by atoms with Gasteiger partial charge in [-0.05, 0) is 63.3 Å². The molecule has 1 aromatic carbocycles. The van der Waals surface area contributed by atoms with Crippen LogP contribution in [0.4, 0.5) is 29.6 Å². The molecule has 1 amide bonds. The average molecular weight is 660 g/mol. The first-order chi connectivity index (χ1) is 20.7. The Bertz CT molecular complexity index is 1380. The minimum atomic E-state index is -4.56. The number of aromatic nitrogens is 2. The molecule has 3 atom stereocenters. The molecule has 0 saturated carbocycles. The lowest BCUT2D eigenvalue weighted by Crippen LogP contribution is -2.57.